The number of carbonyl (C=O) groups excluding carboxylic acids is 1. The number of hydrogen-bond acceptors (Lipinski definition) is 1. The van der Waals surface area contributed by atoms with Gasteiger partial charge >= 0.3 is 0 Å². The fraction of sp³-hybridized carbons (Fsp3) is 0.583. The fourth-order valence-electron chi connectivity index (χ4n) is 1.45. The van der Waals surface area contributed by atoms with Crippen molar-refractivity contribution >= 4 is 6.29 Å². The van der Waals surface area contributed by atoms with E-state index in [1.165, 1.54) is 5.56 Å². The van der Waals surface area contributed by atoms with E-state index in [-0.39, 0.29) is 5.41 Å². The maximum atomic E-state index is 10.9. The number of aromatic nitrogens is 1. The standard InChI is InChI=1S/C12H19NO/c1-9(2)13-7-10(12(3,4)5)6-11(13)8-14/h6-9H,1-5H3. The van der Waals surface area contributed by atoms with E-state index >= 15 is 0 Å². The van der Waals surface area contributed by atoms with Gasteiger partial charge in [-0.15, -0.1) is 0 Å². The summed E-state index contributed by atoms with van der Waals surface area (Å²) in [5.74, 6) is 0. The minimum atomic E-state index is 0.109. The van der Waals surface area contributed by atoms with Gasteiger partial charge in [-0.25, -0.2) is 0 Å². The van der Waals surface area contributed by atoms with Crippen molar-refractivity contribution in [3.05, 3.63) is 23.5 Å². The Morgan fingerprint density at radius 3 is 2.21 bits per heavy atom. The quantitative estimate of drug-likeness (QED) is 0.661. The van der Waals surface area contributed by atoms with E-state index in [0.717, 1.165) is 12.0 Å². The van der Waals surface area contributed by atoms with E-state index in [0.29, 0.717) is 6.04 Å². The molecule has 0 fully saturated rings. The van der Waals surface area contributed by atoms with E-state index in [2.05, 4.69) is 40.8 Å². The minimum absolute atomic E-state index is 0.109. The van der Waals surface area contributed by atoms with Crippen LogP contribution in [0.2, 0.25) is 0 Å². The molecule has 0 aliphatic heterocycles. The molecule has 1 rings (SSSR count). The topological polar surface area (TPSA) is 22.0 Å². The first-order valence-electron chi connectivity index (χ1n) is 5.04. The van der Waals surface area contributed by atoms with Gasteiger partial charge in [-0.05, 0) is 30.9 Å². The molecule has 0 atom stereocenters. The smallest absolute Gasteiger partial charge is 0.166 e. The van der Waals surface area contributed by atoms with Gasteiger partial charge in [0.15, 0.2) is 6.29 Å². The van der Waals surface area contributed by atoms with Crippen molar-refractivity contribution in [2.45, 2.75) is 46.1 Å². The SMILES string of the molecule is CC(C)n1cc(C(C)(C)C)cc1C=O. The third kappa shape index (κ3) is 2.06. The Kier molecular flexibility index (Phi) is 2.84. The molecule has 1 aromatic rings. The summed E-state index contributed by atoms with van der Waals surface area (Å²) < 4.78 is 2.02. The predicted octanol–water partition coefficient (Wildman–Crippen LogP) is 3.18. The molecule has 2 heteroatoms. The molecule has 0 aliphatic carbocycles. The molecule has 0 aliphatic rings. The molecule has 0 spiro atoms. The number of rotatable bonds is 2. The Labute approximate surface area is 85.9 Å². The highest BCUT2D eigenvalue weighted by Gasteiger charge is 2.18. The van der Waals surface area contributed by atoms with Crippen LogP contribution in [0.1, 0.15) is 56.7 Å². The molecule has 78 valence electrons. The average molecular weight is 193 g/mol. The third-order valence-electron chi connectivity index (χ3n) is 2.42. The summed E-state index contributed by atoms with van der Waals surface area (Å²) in [6.07, 6.45) is 3.00. The highest BCUT2D eigenvalue weighted by Crippen LogP contribution is 2.25. The largest absolute Gasteiger partial charge is 0.343 e. The van der Waals surface area contributed by atoms with Crippen LogP contribution in [0.15, 0.2) is 12.3 Å². The zero-order chi connectivity index (χ0) is 10.9. The summed E-state index contributed by atoms with van der Waals surface area (Å²) in [4.78, 5) is 10.9. The molecule has 0 bridgehead atoms. The lowest BCUT2D eigenvalue weighted by Gasteiger charge is -2.16. The lowest BCUT2D eigenvalue weighted by atomic mass is 9.89. The first-order chi connectivity index (χ1) is 6.36. The van der Waals surface area contributed by atoms with Gasteiger partial charge in [0.25, 0.3) is 0 Å². The fourth-order valence-corrected chi connectivity index (χ4v) is 1.45. The third-order valence-corrected chi connectivity index (χ3v) is 2.42. The molecule has 2 nitrogen and oxygen atoms in total. The number of hydrogen-bond donors (Lipinski definition) is 0. The van der Waals surface area contributed by atoms with Crippen molar-refractivity contribution in [1.82, 2.24) is 4.57 Å². The van der Waals surface area contributed by atoms with Crippen LogP contribution >= 0.6 is 0 Å². The van der Waals surface area contributed by atoms with Crippen LogP contribution in [0.25, 0.3) is 0 Å². The van der Waals surface area contributed by atoms with Crippen LogP contribution in [0, 0.1) is 0 Å². The van der Waals surface area contributed by atoms with Crippen molar-refractivity contribution in [2.24, 2.45) is 0 Å². The average Bonchev–Trinajstić information content (AvgIpc) is 2.45. The zero-order valence-corrected chi connectivity index (χ0v) is 9.66. The number of nitrogens with zero attached hydrogens (tertiary/aromatic N) is 1. The Morgan fingerprint density at radius 2 is 1.93 bits per heavy atom. The normalized spacial score (nSPS) is 12.1. The van der Waals surface area contributed by atoms with Crippen molar-refractivity contribution < 1.29 is 4.79 Å². The minimum Gasteiger partial charge on any atom is -0.343 e. The second kappa shape index (κ2) is 3.60. The van der Waals surface area contributed by atoms with Gasteiger partial charge in [-0.2, -0.15) is 0 Å². The molecule has 0 radical (unpaired) electrons. The lowest BCUT2D eigenvalue weighted by Crippen LogP contribution is -2.09. The van der Waals surface area contributed by atoms with Crippen LogP contribution in [0.5, 0.6) is 0 Å². The molecular formula is C12H19NO. The van der Waals surface area contributed by atoms with Gasteiger partial charge in [-0.3, -0.25) is 4.79 Å². The van der Waals surface area contributed by atoms with Gasteiger partial charge < -0.3 is 4.57 Å². The van der Waals surface area contributed by atoms with E-state index in [1.54, 1.807) is 0 Å². The molecule has 1 heterocycles. The predicted molar refractivity (Wildman–Crippen MR) is 58.9 cm³/mol. The van der Waals surface area contributed by atoms with Gasteiger partial charge in [0.05, 0.1) is 5.69 Å². The monoisotopic (exact) mass is 193 g/mol. The molecule has 0 N–H and O–H groups in total. The summed E-state index contributed by atoms with van der Waals surface area (Å²) in [7, 11) is 0. The van der Waals surface area contributed by atoms with Crippen molar-refractivity contribution in [1.29, 1.82) is 0 Å². The highest BCUT2D eigenvalue weighted by atomic mass is 16.1. The van der Waals surface area contributed by atoms with Gasteiger partial charge in [0.1, 0.15) is 0 Å². The second-order valence-electron chi connectivity index (χ2n) is 5.02. The van der Waals surface area contributed by atoms with Crippen molar-refractivity contribution in [3.8, 4) is 0 Å². The summed E-state index contributed by atoms with van der Waals surface area (Å²) in [5.41, 5.74) is 2.09. The van der Waals surface area contributed by atoms with Crippen LogP contribution in [-0.2, 0) is 5.41 Å². The Morgan fingerprint density at radius 1 is 1.36 bits per heavy atom. The van der Waals surface area contributed by atoms with E-state index in [1.807, 2.05) is 10.6 Å². The first kappa shape index (κ1) is 11.0. The number of aldehydes is 1. The maximum Gasteiger partial charge on any atom is 0.166 e. The molecule has 0 unspecified atom stereocenters. The Bertz CT molecular complexity index is 329. The Balaban J connectivity index is 3.20. The molecule has 1 aromatic heterocycles. The van der Waals surface area contributed by atoms with Gasteiger partial charge in [0.2, 0.25) is 0 Å². The van der Waals surface area contributed by atoms with Crippen molar-refractivity contribution in [3.63, 3.8) is 0 Å². The molecule has 14 heavy (non-hydrogen) atoms. The van der Waals surface area contributed by atoms with E-state index in [4.69, 9.17) is 0 Å². The summed E-state index contributed by atoms with van der Waals surface area (Å²) in [6, 6.07) is 2.32. The van der Waals surface area contributed by atoms with E-state index in [9.17, 15) is 4.79 Å². The molecule has 0 saturated carbocycles. The molecule has 0 saturated heterocycles. The summed E-state index contributed by atoms with van der Waals surface area (Å²) in [6.45, 7) is 10.6. The molecule has 0 aromatic carbocycles. The molecular weight excluding hydrogens is 174 g/mol. The first-order valence-corrected chi connectivity index (χ1v) is 5.04. The van der Waals surface area contributed by atoms with Crippen LogP contribution in [0.3, 0.4) is 0 Å². The second-order valence-corrected chi connectivity index (χ2v) is 5.02. The Hall–Kier alpha value is -1.05. The van der Waals surface area contributed by atoms with E-state index < -0.39 is 0 Å². The summed E-state index contributed by atoms with van der Waals surface area (Å²) >= 11 is 0. The van der Waals surface area contributed by atoms with Gasteiger partial charge in [-0.1, -0.05) is 20.8 Å². The van der Waals surface area contributed by atoms with Crippen LogP contribution < -0.4 is 0 Å². The van der Waals surface area contributed by atoms with Crippen LogP contribution in [-0.4, -0.2) is 10.9 Å². The molecule has 0 amide bonds. The maximum absolute atomic E-state index is 10.9. The summed E-state index contributed by atoms with van der Waals surface area (Å²) in [5, 5.41) is 0. The van der Waals surface area contributed by atoms with Gasteiger partial charge in [0, 0.05) is 12.2 Å². The van der Waals surface area contributed by atoms with Crippen molar-refractivity contribution in [2.75, 3.05) is 0 Å². The highest BCUT2D eigenvalue weighted by molar-refractivity contribution is 5.73. The lowest BCUT2D eigenvalue weighted by molar-refractivity contribution is 0.111. The number of carbonyl (C=O) groups is 1. The zero-order valence-electron chi connectivity index (χ0n) is 9.66. The van der Waals surface area contributed by atoms with Crippen LogP contribution in [0.4, 0.5) is 0 Å².